The van der Waals surface area contributed by atoms with Crippen molar-refractivity contribution in [1.82, 2.24) is 9.47 Å². The third kappa shape index (κ3) is 3.03. The fourth-order valence-corrected chi connectivity index (χ4v) is 3.68. The van der Waals surface area contributed by atoms with Gasteiger partial charge in [-0.2, -0.15) is 0 Å². The minimum absolute atomic E-state index is 0.129. The van der Waals surface area contributed by atoms with E-state index in [-0.39, 0.29) is 6.04 Å². The highest BCUT2D eigenvalue weighted by atomic mass is 19.1. The molecule has 1 aromatic heterocycles. The third-order valence-corrected chi connectivity index (χ3v) is 5.06. The van der Waals surface area contributed by atoms with Crippen molar-refractivity contribution >= 4 is 17.0 Å². The first-order chi connectivity index (χ1) is 13.0. The molecule has 140 valence electrons. The van der Waals surface area contributed by atoms with E-state index in [1.165, 1.54) is 11.0 Å². The first-order valence-electron chi connectivity index (χ1n) is 8.80. The molecular formula is C20H18F2N2O3. The summed E-state index contributed by atoms with van der Waals surface area (Å²) in [5.41, 5.74) is 1.72. The second-order valence-electron chi connectivity index (χ2n) is 6.83. The summed E-state index contributed by atoms with van der Waals surface area (Å²) >= 11 is 0. The summed E-state index contributed by atoms with van der Waals surface area (Å²) < 4.78 is 34.7. The van der Waals surface area contributed by atoms with Crippen LogP contribution in [0.5, 0.6) is 0 Å². The topological polar surface area (TPSA) is 55.5 Å². The van der Waals surface area contributed by atoms with Gasteiger partial charge in [0.15, 0.2) is 5.58 Å². The number of aromatic nitrogens is 1. The maximum atomic E-state index is 13.9. The van der Waals surface area contributed by atoms with Crippen molar-refractivity contribution in [2.75, 3.05) is 13.1 Å². The predicted octanol–water partition coefficient (Wildman–Crippen LogP) is 3.66. The van der Waals surface area contributed by atoms with Crippen LogP contribution < -0.4 is 5.76 Å². The Bertz CT molecular complexity index is 1060. The number of benzene rings is 2. The average Bonchev–Trinajstić information content (AvgIpc) is 2.96. The molecule has 27 heavy (non-hydrogen) atoms. The second kappa shape index (κ2) is 6.64. The first-order valence-corrected chi connectivity index (χ1v) is 8.80. The van der Waals surface area contributed by atoms with Crippen molar-refractivity contribution in [3.63, 3.8) is 0 Å². The van der Waals surface area contributed by atoms with Gasteiger partial charge in [-0.3, -0.25) is 9.36 Å². The second-order valence-corrected chi connectivity index (χ2v) is 6.83. The van der Waals surface area contributed by atoms with Crippen LogP contribution in [0.4, 0.5) is 8.78 Å². The number of oxazole rings is 1. The molecule has 1 aliphatic rings. The maximum Gasteiger partial charge on any atom is 0.420 e. The highest BCUT2D eigenvalue weighted by Crippen LogP contribution is 2.27. The van der Waals surface area contributed by atoms with E-state index in [9.17, 15) is 18.4 Å². The van der Waals surface area contributed by atoms with Gasteiger partial charge in [0, 0.05) is 19.1 Å². The molecule has 5 nitrogen and oxygen atoms in total. The number of carbonyl (C=O) groups is 1. The number of aryl methyl sites for hydroxylation is 1. The minimum atomic E-state index is -0.866. The Hall–Kier alpha value is -2.96. The number of fused-ring (bicyclic) bond motifs is 1. The zero-order chi connectivity index (χ0) is 19.1. The van der Waals surface area contributed by atoms with Gasteiger partial charge in [0.25, 0.3) is 5.91 Å². The summed E-state index contributed by atoms with van der Waals surface area (Å²) in [5.74, 6) is -2.83. The fraction of sp³-hybridized carbons (Fsp3) is 0.300. The summed E-state index contributed by atoms with van der Waals surface area (Å²) in [4.78, 5) is 26.2. The van der Waals surface area contributed by atoms with E-state index >= 15 is 0 Å². The minimum Gasteiger partial charge on any atom is -0.408 e. The van der Waals surface area contributed by atoms with Crippen molar-refractivity contribution < 1.29 is 18.0 Å². The summed E-state index contributed by atoms with van der Waals surface area (Å²) in [6, 6.07) is 8.81. The molecule has 7 heteroatoms. The van der Waals surface area contributed by atoms with E-state index in [1.807, 2.05) is 25.1 Å². The summed E-state index contributed by atoms with van der Waals surface area (Å²) in [6.45, 7) is 2.53. The van der Waals surface area contributed by atoms with E-state index in [2.05, 4.69) is 0 Å². The Balaban J connectivity index is 1.55. The van der Waals surface area contributed by atoms with E-state index in [0.717, 1.165) is 23.2 Å². The Labute approximate surface area is 153 Å². The number of likely N-dealkylation sites (tertiary alicyclic amines) is 1. The molecule has 0 atom stereocenters. The van der Waals surface area contributed by atoms with Crippen LogP contribution in [0.1, 0.15) is 34.8 Å². The normalized spacial score (nSPS) is 15.4. The molecule has 0 N–H and O–H groups in total. The predicted molar refractivity (Wildman–Crippen MR) is 95.7 cm³/mol. The summed E-state index contributed by atoms with van der Waals surface area (Å²) in [7, 11) is 0. The van der Waals surface area contributed by atoms with Gasteiger partial charge >= 0.3 is 5.76 Å². The van der Waals surface area contributed by atoms with Crippen LogP contribution in [0.15, 0.2) is 45.6 Å². The van der Waals surface area contributed by atoms with Gasteiger partial charge < -0.3 is 9.32 Å². The van der Waals surface area contributed by atoms with E-state index in [4.69, 9.17) is 4.42 Å². The molecular weight excluding hydrogens is 354 g/mol. The first kappa shape index (κ1) is 17.5. The number of piperidine rings is 1. The lowest BCUT2D eigenvalue weighted by atomic mass is 10.0. The Morgan fingerprint density at radius 1 is 1.11 bits per heavy atom. The molecule has 0 unspecified atom stereocenters. The van der Waals surface area contributed by atoms with Crippen molar-refractivity contribution in [2.24, 2.45) is 0 Å². The largest absolute Gasteiger partial charge is 0.420 e. The molecule has 0 spiro atoms. The van der Waals surface area contributed by atoms with Crippen LogP contribution in [-0.4, -0.2) is 28.5 Å². The number of halogens is 2. The van der Waals surface area contributed by atoms with E-state index < -0.39 is 28.9 Å². The van der Waals surface area contributed by atoms with Gasteiger partial charge in [-0.1, -0.05) is 12.1 Å². The molecule has 1 aliphatic heterocycles. The molecule has 0 bridgehead atoms. The van der Waals surface area contributed by atoms with Gasteiger partial charge in [-0.25, -0.2) is 13.6 Å². The number of hydrogen-bond acceptors (Lipinski definition) is 3. The van der Waals surface area contributed by atoms with Gasteiger partial charge in [0.2, 0.25) is 0 Å². The quantitative estimate of drug-likeness (QED) is 0.690. The maximum absolute atomic E-state index is 13.9. The molecule has 2 heterocycles. The smallest absolute Gasteiger partial charge is 0.408 e. The lowest BCUT2D eigenvalue weighted by molar-refractivity contribution is 0.0684. The Morgan fingerprint density at radius 2 is 1.78 bits per heavy atom. The number of rotatable bonds is 2. The SMILES string of the molecule is Cc1ccc2c(c1)oc(=O)n2C1CCN(C(=O)c2c(F)cccc2F)CC1. The molecule has 1 amide bonds. The van der Waals surface area contributed by atoms with Crippen LogP contribution in [0.3, 0.4) is 0 Å². The number of nitrogens with zero attached hydrogens (tertiary/aromatic N) is 2. The molecule has 1 fully saturated rings. The van der Waals surface area contributed by atoms with E-state index in [1.54, 1.807) is 4.57 Å². The number of carbonyl (C=O) groups excluding carboxylic acids is 1. The lowest BCUT2D eigenvalue weighted by Gasteiger charge is -2.32. The van der Waals surface area contributed by atoms with Crippen LogP contribution >= 0.6 is 0 Å². The van der Waals surface area contributed by atoms with Crippen LogP contribution in [0.25, 0.3) is 11.1 Å². The van der Waals surface area contributed by atoms with Gasteiger partial charge in [-0.05, 0) is 49.6 Å². The zero-order valence-corrected chi connectivity index (χ0v) is 14.7. The molecule has 0 saturated carbocycles. The molecule has 0 aliphatic carbocycles. The standard InChI is InChI=1S/C20H18F2N2O3/c1-12-5-6-16-17(11-12)27-20(26)24(16)13-7-9-23(10-8-13)19(25)18-14(21)3-2-4-15(18)22/h2-6,11,13H,7-10H2,1H3. The van der Waals surface area contributed by atoms with Crippen LogP contribution in [0, 0.1) is 18.6 Å². The number of amides is 1. The molecule has 1 saturated heterocycles. The Kier molecular flexibility index (Phi) is 4.30. The van der Waals surface area contributed by atoms with Gasteiger partial charge in [-0.15, -0.1) is 0 Å². The van der Waals surface area contributed by atoms with Crippen LogP contribution in [-0.2, 0) is 0 Å². The molecule has 2 aromatic carbocycles. The monoisotopic (exact) mass is 372 g/mol. The molecule has 4 rings (SSSR count). The highest BCUT2D eigenvalue weighted by molar-refractivity contribution is 5.94. The van der Waals surface area contributed by atoms with Crippen molar-refractivity contribution in [1.29, 1.82) is 0 Å². The highest BCUT2D eigenvalue weighted by Gasteiger charge is 2.29. The van der Waals surface area contributed by atoms with Crippen molar-refractivity contribution in [3.05, 3.63) is 69.7 Å². The van der Waals surface area contributed by atoms with Gasteiger partial charge in [0.1, 0.15) is 17.2 Å². The number of hydrogen-bond donors (Lipinski definition) is 0. The summed E-state index contributed by atoms with van der Waals surface area (Å²) in [6.07, 6.45) is 1.01. The zero-order valence-electron chi connectivity index (χ0n) is 14.7. The third-order valence-electron chi connectivity index (χ3n) is 5.06. The van der Waals surface area contributed by atoms with E-state index in [0.29, 0.717) is 31.5 Å². The van der Waals surface area contributed by atoms with Crippen molar-refractivity contribution in [3.8, 4) is 0 Å². The summed E-state index contributed by atoms with van der Waals surface area (Å²) in [5, 5.41) is 0. The van der Waals surface area contributed by atoms with Gasteiger partial charge in [0.05, 0.1) is 5.52 Å². The average molecular weight is 372 g/mol. The molecule has 3 aromatic rings. The fourth-order valence-electron chi connectivity index (χ4n) is 3.68. The Morgan fingerprint density at radius 3 is 2.44 bits per heavy atom. The van der Waals surface area contributed by atoms with Crippen LogP contribution in [0.2, 0.25) is 0 Å². The lowest BCUT2D eigenvalue weighted by Crippen LogP contribution is -2.41. The molecule has 0 radical (unpaired) electrons. The van der Waals surface area contributed by atoms with Crippen molar-refractivity contribution in [2.45, 2.75) is 25.8 Å².